The number of amides is 1. The van der Waals surface area contributed by atoms with Gasteiger partial charge in [-0.15, -0.1) is 11.3 Å². The zero-order chi connectivity index (χ0) is 12.0. The van der Waals surface area contributed by atoms with Crippen LogP contribution in [0.25, 0.3) is 0 Å². The van der Waals surface area contributed by atoms with Gasteiger partial charge in [0.05, 0.1) is 6.61 Å². The van der Waals surface area contributed by atoms with Crippen LogP contribution in [0.5, 0.6) is 0 Å². The van der Waals surface area contributed by atoms with Crippen LogP contribution in [0, 0.1) is 0 Å². The van der Waals surface area contributed by atoms with Crippen LogP contribution < -0.4 is 5.73 Å². The maximum Gasteiger partial charge on any atom is 0.273 e. The third-order valence-corrected chi connectivity index (χ3v) is 2.97. The van der Waals surface area contributed by atoms with Crippen molar-refractivity contribution in [3.63, 3.8) is 0 Å². The summed E-state index contributed by atoms with van der Waals surface area (Å²) in [7, 11) is 0. The van der Waals surface area contributed by atoms with Gasteiger partial charge in [0.1, 0.15) is 10.7 Å². The summed E-state index contributed by atoms with van der Waals surface area (Å²) in [6.07, 6.45) is 0.861. The van der Waals surface area contributed by atoms with Crippen LogP contribution in [0.2, 0.25) is 0 Å². The molecule has 1 aromatic rings. The second kappa shape index (κ2) is 6.57. The van der Waals surface area contributed by atoms with Gasteiger partial charge in [0.25, 0.3) is 5.91 Å². The number of aliphatic hydroxyl groups excluding tert-OH is 1. The lowest BCUT2D eigenvalue weighted by Gasteiger charge is -2.19. The second-order valence-corrected chi connectivity index (χ2v) is 4.29. The van der Waals surface area contributed by atoms with Crippen molar-refractivity contribution in [1.82, 2.24) is 9.88 Å². The Morgan fingerprint density at radius 1 is 1.62 bits per heavy atom. The van der Waals surface area contributed by atoms with Crippen LogP contribution in [-0.2, 0) is 6.54 Å². The normalized spacial score (nSPS) is 10.4. The zero-order valence-corrected chi connectivity index (χ0v) is 10.2. The van der Waals surface area contributed by atoms with Crippen LogP contribution in [0.4, 0.5) is 0 Å². The monoisotopic (exact) mass is 243 g/mol. The molecule has 0 aliphatic rings. The molecule has 0 unspecified atom stereocenters. The van der Waals surface area contributed by atoms with E-state index in [2.05, 4.69) is 4.98 Å². The Hall–Kier alpha value is -0.980. The zero-order valence-electron chi connectivity index (χ0n) is 9.35. The number of hydrogen-bond donors (Lipinski definition) is 2. The summed E-state index contributed by atoms with van der Waals surface area (Å²) in [6, 6.07) is 0. The fourth-order valence-corrected chi connectivity index (χ4v) is 2.02. The predicted molar refractivity (Wildman–Crippen MR) is 63.3 cm³/mol. The average Bonchev–Trinajstić information content (AvgIpc) is 2.76. The topological polar surface area (TPSA) is 79.5 Å². The molecule has 16 heavy (non-hydrogen) atoms. The summed E-state index contributed by atoms with van der Waals surface area (Å²) in [5.74, 6) is -0.133. The Labute approximate surface area is 98.9 Å². The molecule has 0 fully saturated rings. The molecule has 0 saturated carbocycles. The van der Waals surface area contributed by atoms with Crippen LogP contribution >= 0.6 is 11.3 Å². The number of thiazole rings is 1. The van der Waals surface area contributed by atoms with Gasteiger partial charge in [-0.25, -0.2) is 4.98 Å². The Bertz CT molecular complexity index is 335. The average molecular weight is 243 g/mol. The SMILES string of the molecule is CCCN(CCO)C(=O)c1csc(CN)n1. The maximum atomic E-state index is 12.0. The molecule has 90 valence electrons. The Morgan fingerprint density at radius 2 is 2.38 bits per heavy atom. The molecule has 1 rings (SSSR count). The van der Waals surface area contributed by atoms with Gasteiger partial charge in [0.2, 0.25) is 0 Å². The maximum absolute atomic E-state index is 12.0. The molecule has 0 radical (unpaired) electrons. The molecule has 1 aromatic heterocycles. The van der Waals surface area contributed by atoms with E-state index in [1.54, 1.807) is 10.3 Å². The summed E-state index contributed by atoms with van der Waals surface area (Å²) < 4.78 is 0. The van der Waals surface area contributed by atoms with Gasteiger partial charge in [-0.1, -0.05) is 6.92 Å². The Balaban J connectivity index is 2.72. The molecule has 1 heterocycles. The van der Waals surface area contributed by atoms with Gasteiger partial charge in [-0.05, 0) is 6.42 Å². The summed E-state index contributed by atoms with van der Waals surface area (Å²) >= 11 is 1.39. The van der Waals surface area contributed by atoms with E-state index in [0.717, 1.165) is 11.4 Å². The van der Waals surface area contributed by atoms with Gasteiger partial charge < -0.3 is 15.7 Å². The molecule has 0 spiro atoms. The van der Waals surface area contributed by atoms with E-state index in [0.29, 0.717) is 25.3 Å². The van der Waals surface area contributed by atoms with E-state index < -0.39 is 0 Å². The fraction of sp³-hybridized carbons (Fsp3) is 0.600. The number of hydrogen-bond acceptors (Lipinski definition) is 5. The molecule has 0 saturated heterocycles. The van der Waals surface area contributed by atoms with E-state index in [4.69, 9.17) is 10.8 Å². The highest BCUT2D eigenvalue weighted by molar-refractivity contribution is 7.09. The van der Waals surface area contributed by atoms with Crippen molar-refractivity contribution in [3.05, 3.63) is 16.1 Å². The van der Waals surface area contributed by atoms with Crippen molar-refractivity contribution in [2.24, 2.45) is 5.73 Å². The summed E-state index contributed by atoms with van der Waals surface area (Å²) in [4.78, 5) is 17.7. The highest BCUT2D eigenvalue weighted by Gasteiger charge is 2.17. The predicted octanol–water partition coefficient (Wildman–Crippen LogP) is 0.446. The van der Waals surface area contributed by atoms with E-state index in [1.807, 2.05) is 6.92 Å². The standard InChI is InChI=1S/C10H17N3O2S/c1-2-3-13(4-5-14)10(15)8-7-16-9(6-11)12-8/h7,14H,2-6,11H2,1H3. The van der Waals surface area contributed by atoms with E-state index in [1.165, 1.54) is 11.3 Å². The van der Waals surface area contributed by atoms with E-state index >= 15 is 0 Å². The number of nitrogens with zero attached hydrogens (tertiary/aromatic N) is 2. The first-order chi connectivity index (χ1) is 7.72. The van der Waals surface area contributed by atoms with Gasteiger partial charge in [0, 0.05) is 25.0 Å². The van der Waals surface area contributed by atoms with Crippen LogP contribution in [-0.4, -0.2) is 40.6 Å². The van der Waals surface area contributed by atoms with Crippen molar-refractivity contribution in [2.45, 2.75) is 19.9 Å². The summed E-state index contributed by atoms with van der Waals surface area (Å²) in [5, 5.41) is 11.3. The lowest BCUT2D eigenvalue weighted by Crippen LogP contribution is -2.34. The van der Waals surface area contributed by atoms with Crippen molar-refractivity contribution in [2.75, 3.05) is 19.7 Å². The van der Waals surface area contributed by atoms with Crippen molar-refractivity contribution in [1.29, 1.82) is 0 Å². The number of aliphatic hydroxyl groups is 1. The van der Waals surface area contributed by atoms with Crippen molar-refractivity contribution in [3.8, 4) is 0 Å². The number of rotatable bonds is 6. The third kappa shape index (κ3) is 3.26. The smallest absolute Gasteiger partial charge is 0.273 e. The van der Waals surface area contributed by atoms with Gasteiger partial charge in [0.15, 0.2) is 0 Å². The Kier molecular flexibility index (Phi) is 5.37. The molecule has 0 aliphatic carbocycles. The molecule has 6 heteroatoms. The second-order valence-electron chi connectivity index (χ2n) is 3.35. The first kappa shape index (κ1) is 13.1. The lowest BCUT2D eigenvalue weighted by molar-refractivity contribution is 0.0716. The third-order valence-electron chi connectivity index (χ3n) is 2.10. The molecule has 0 bridgehead atoms. The molecule has 5 nitrogen and oxygen atoms in total. The number of carbonyl (C=O) groups excluding carboxylic acids is 1. The number of nitrogens with two attached hydrogens (primary N) is 1. The highest BCUT2D eigenvalue weighted by atomic mass is 32.1. The van der Waals surface area contributed by atoms with Crippen LogP contribution in [0.15, 0.2) is 5.38 Å². The fourth-order valence-electron chi connectivity index (χ4n) is 1.37. The number of carbonyl (C=O) groups is 1. The first-order valence-electron chi connectivity index (χ1n) is 5.27. The molecular formula is C10H17N3O2S. The molecule has 1 amide bonds. The minimum atomic E-state index is -0.133. The van der Waals surface area contributed by atoms with Crippen LogP contribution in [0.1, 0.15) is 28.8 Å². The summed E-state index contributed by atoms with van der Waals surface area (Å²) in [6.45, 7) is 3.30. The molecular weight excluding hydrogens is 226 g/mol. The number of aromatic nitrogens is 1. The minimum absolute atomic E-state index is 0.0282. The minimum Gasteiger partial charge on any atom is -0.395 e. The van der Waals surface area contributed by atoms with Gasteiger partial charge in [-0.2, -0.15) is 0 Å². The van der Waals surface area contributed by atoms with Crippen molar-refractivity contribution < 1.29 is 9.90 Å². The van der Waals surface area contributed by atoms with E-state index in [9.17, 15) is 4.79 Å². The van der Waals surface area contributed by atoms with Gasteiger partial charge >= 0.3 is 0 Å². The first-order valence-corrected chi connectivity index (χ1v) is 6.15. The van der Waals surface area contributed by atoms with Crippen molar-refractivity contribution >= 4 is 17.2 Å². The Morgan fingerprint density at radius 3 is 2.88 bits per heavy atom. The lowest BCUT2D eigenvalue weighted by atomic mass is 10.3. The molecule has 0 aliphatic heterocycles. The van der Waals surface area contributed by atoms with Gasteiger partial charge in [-0.3, -0.25) is 4.79 Å². The van der Waals surface area contributed by atoms with Crippen LogP contribution in [0.3, 0.4) is 0 Å². The largest absolute Gasteiger partial charge is 0.395 e. The quantitative estimate of drug-likeness (QED) is 0.760. The molecule has 3 N–H and O–H groups in total. The molecule has 0 atom stereocenters. The summed E-state index contributed by atoms with van der Waals surface area (Å²) in [5.41, 5.74) is 5.86. The van der Waals surface area contributed by atoms with E-state index in [-0.39, 0.29) is 12.5 Å². The molecule has 0 aromatic carbocycles. The highest BCUT2D eigenvalue weighted by Crippen LogP contribution is 2.11.